The fourth-order valence-electron chi connectivity index (χ4n) is 2.90. The van der Waals surface area contributed by atoms with Crippen molar-refractivity contribution in [3.05, 3.63) is 0 Å². The van der Waals surface area contributed by atoms with E-state index in [9.17, 15) is 9.59 Å². The molecule has 1 amide bonds. The maximum Gasteiger partial charge on any atom is 0.308 e. The van der Waals surface area contributed by atoms with Crippen LogP contribution in [0.1, 0.15) is 52.9 Å². The topological polar surface area (TPSA) is 57.6 Å². The number of carbonyl (C=O) groups is 2. The Balaban J connectivity index is 2.68. The van der Waals surface area contributed by atoms with Crippen LogP contribution in [-0.4, -0.2) is 34.5 Å². The van der Waals surface area contributed by atoms with E-state index < -0.39 is 11.9 Å². The molecule has 0 saturated carbocycles. The van der Waals surface area contributed by atoms with E-state index in [1.807, 2.05) is 6.92 Å². The van der Waals surface area contributed by atoms with Crippen molar-refractivity contribution in [2.75, 3.05) is 6.54 Å². The van der Waals surface area contributed by atoms with E-state index in [2.05, 4.69) is 13.8 Å². The lowest BCUT2D eigenvalue weighted by molar-refractivity contribution is -0.143. The molecule has 0 aromatic heterocycles. The van der Waals surface area contributed by atoms with E-state index in [-0.39, 0.29) is 17.9 Å². The molecule has 0 aliphatic carbocycles. The van der Waals surface area contributed by atoms with Gasteiger partial charge in [-0.3, -0.25) is 9.59 Å². The van der Waals surface area contributed by atoms with Crippen molar-refractivity contribution in [1.82, 2.24) is 4.90 Å². The van der Waals surface area contributed by atoms with Gasteiger partial charge < -0.3 is 10.0 Å². The van der Waals surface area contributed by atoms with Crippen LogP contribution in [-0.2, 0) is 9.59 Å². The first-order valence-electron chi connectivity index (χ1n) is 7.06. The van der Waals surface area contributed by atoms with Crippen molar-refractivity contribution < 1.29 is 14.7 Å². The van der Waals surface area contributed by atoms with Crippen LogP contribution in [0.3, 0.4) is 0 Å². The Kier molecular flexibility index (Phi) is 5.63. The molecule has 1 aliphatic heterocycles. The van der Waals surface area contributed by atoms with Crippen LogP contribution in [0.2, 0.25) is 0 Å². The summed E-state index contributed by atoms with van der Waals surface area (Å²) >= 11 is 0. The largest absolute Gasteiger partial charge is 0.481 e. The maximum absolute atomic E-state index is 12.4. The number of nitrogens with zero attached hydrogens (tertiary/aromatic N) is 1. The number of carboxylic acids is 1. The van der Waals surface area contributed by atoms with Gasteiger partial charge in [0.2, 0.25) is 5.91 Å². The van der Waals surface area contributed by atoms with Gasteiger partial charge in [-0.15, -0.1) is 0 Å². The molecule has 2 atom stereocenters. The molecule has 1 N–H and O–H groups in total. The lowest BCUT2D eigenvalue weighted by Gasteiger charge is -2.27. The summed E-state index contributed by atoms with van der Waals surface area (Å²) in [4.78, 5) is 25.3. The summed E-state index contributed by atoms with van der Waals surface area (Å²) in [5, 5.41) is 9.09. The Morgan fingerprint density at radius 3 is 2.22 bits per heavy atom. The summed E-state index contributed by atoms with van der Waals surface area (Å²) in [5.74, 6) is -0.928. The lowest BCUT2D eigenvalue weighted by Crippen LogP contribution is -2.41. The first kappa shape index (κ1) is 15.0. The first-order chi connectivity index (χ1) is 8.52. The van der Waals surface area contributed by atoms with Gasteiger partial charge in [0.15, 0.2) is 0 Å². The molecule has 4 nitrogen and oxygen atoms in total. The zero-order valence-electron chi connectivity index (χ0n) is 11.7. The van der Waals surface area contributed by atoms with Gasteiger partial charge >= 0.3 is 5.97 Å². The average Bonchev–Trinajstić information content (AvgIpc) is 2.70. The van der Waals surface area contributed by atoms with Gasteiger partial charge in [0.1, 0.15) is 0 Å². The fraction of sp³-hybridized carbons (Fsp3) is 0.857. The Morgan fingerprint density at radius 2 is 1.83 bits per heavy atom. The van der Waals surface area contributed by atoms with Crippen molar-refractivity contribution in [3.8, 4) is 0 Å². The maximum atomic E-state index is 12.4. The van der Waals surface area contributed by atoms with E-state index in [1.165, 1.54) is 0 Å². The monoisotopic (exact) mass is 255 g/mol. The Morgan fingerprint density at radius 1 is 1.28 bits per heavy atom. The fourth-order valence-corrected chi connectivity index (χ4v) is 2.90. The number of carbonyl (C=O) groups excluding carboxylic acids is 1. The minimum Gasteiger partial charge on any atom is -0.481 e. The first-order valence-corrected chi connectivity index (χ1v) is 7.06. The van der Waals surface area contributed by atoms with Gasteiger partial charge in [0.05, 0.1) is 5.92 Å². The second kappa shape index (κ2) is 6.76. The quantitative estimate of drug-likeness (QED) is 0.793. The summed E-state index contributed by atoms with van der Waals surface area (Å²) in [5.41, 5.74) is 0. The smallest absolute Gasteiger partial charge is 0.308 e. The molecule has 0 aromatic carbocycles. The Bertz CT molecular complexity index is 297. The number of carboxylic acid groups (broad SMARTS) is 1. The molecule has 1 heterocycles. The zero-order valence-corrected chi connectivity index (χ0v) is 11.7. The Labute approximate surface area is 109 Å². The highest BCUT2D eigenvalue weighted by Crippen LogP contribution is 2.28. The number of amides is 1. The third-order valence-corrected chi connectivity index (χ3v) is 3.98. The highest BCUT2D eigenvalue weighted by Gasteiger charge is 2.39. The van der Waals surface area contributed by atoms with E-state index in [0.717, 1.165) is 25.7 Å². The number of rotatable bonds is 6. The van der Waals surface area contributed by atoms with Crippen molar-refractivity contribution in [3.63, 3.8) is 0 Å². The molecule has 0 bridgehead atoms. The molecular weight excluding hydrogens is 230 g/mol. The number of hydrogen-bond donors (Lipinski definition) is 1. The van der Waals surface area contributed by atoms with Gasteiger partial charge in [-0.25, -0.2) is 0 Å². The summed E-state index contributed by atoms with van der Waals surface area (Å²) in [7, 11) is 0. The van der Waals surface area contributed by atoms with Crippen LogP contribution in [0.15, 0.2) is 0 Å². The standard InChI is InChI=1S/C14H25NO3/c1-4-6-11(7-5-2)13(16)15-9-8-12(10(15)3)14(17)18/h10-12H,4-9H2,1-3H3,(H,17,18). The molecule has 1 aliphatic rings. The van der Waals surface area contributed by atoms with Crippen LogP contribution in [0.25, 0.3) is 0 Å². The van der Waals surface area contributed by atoms with Crippen LogP contribution < -0.4 is 0 Å². The number of aliphatic carboxylic acids is 1. The number of likely N-dealkylation sites (tertiary alicyclic amines) is 1. The highest BCUT2D eigenvalue weighted by molar-refractivity contribution is 5.81. The average molecular weight is 255 g/mol. The third-order valence-electron chi connectivity index (χ3n) is 3.98. The predicted molar refractivity (Wildman–Crippen MR) is 70.2 cm³/mol. The molecule has 0 spiro atoms. The van der Waals surface area contributed by atoms with Crippen LogP contribution in [0.4, 0.5) is 0 Å². The van der Waals surface area contributed by atoms with Crippen LogP contribution in [0, 0.1) is 11.8 Å². The van der Waals surface area contributed by atoms with Gasteiger partial charge in [-0.2, -0.15) is 0 Å². The zero-order chi connectivity index (χ0) is 13.7. The molecular formula is C14H25NO3. The number of hydrogen-bond acceptors (Lipinski definition) is 2. The lowest BCUT2D eigenvalue weighted by atomic mass is 9.96. The molecule has 18 heavy (non-hydrogen) atoms. The van der Waals surface area contributed by atoms with Gasteiger partial charge in [-0.1, -0.05) is 26.7 Å². The summed E-state index contributed by atoms with van der Waals surface area (Å²) in [6.45, 7) is 6.63. The van der Waals surface area contributed by atoms with Crippen molar-refractivity contribution in [2.45, 2.75) is 58.9 Å². The van der Waals surface area contributed by atoms with E-state index in [1.54, 1.807) is 4.90 Å². The molecule has 1 rings (SSSR count). The summed E-state index contributed by atoms with van der Waals surface area (Å²) in [6, 6.07) is -0.161. The predicted octanol–water partition coefficient (Wildman–Crippen LogP) is 2.52. The van der Waals surface area contributed by atoms with Crippen molar-refractivity contribution >= 4 is 11.9 Å². The molecule has 2 unspecified atom stereocenters. The van der Waals surface area contributed by atoms with E-state index >= 15 is 0 Å². The second-order valence-electron chi connectivity index (χ2n) is 5.28. The normalized spacial score (nSPS) is 23.7. The van der Waals surface area contributed by atoms with Gasteiger partial charge in [0, 0.05) is 18.5 Å². The highest BCUT2D eigenvalue weighted by atomic mass is 16.4. The molecule has 1 fully saturated rings. The Hall–Kier alpha value is -1.06. The third kappa shape index (κ3) is 3.24. The SMILES string of the molecule is CCCC(CCC)C(=O)N1CCC(C(=O)O)C1C. The second-order valence-corrected chi connectivity index (χ2v) is 5.28. The van der Waals surface area contributed by atoms with Gasteiger partial charge in [-0.05, 0) is 26.2 Å². The molecule has 0 radical (unpaired) electrons. The van der Waals surface area contributed by atoms with Crippen LogP contribution in [0.5, 0.6) is 0 Å². The molecule has 0 aromatic rings. The minimum atomic E-state index is -0.777. The van der Waals surface area contributed by atoms with Gasteiger partial charge in [0.25, 0.3) is 0 Å². The molecule has 1 saturated heterocycles. The summed E-state index contributed by atoms with van der Waals surface area (Å²) in [6.07, 6.45) is 4.41. The van der Waals surface area contributed by atoms with E-state index in [0.29, 0.717) is 13.0 Å². The molecule has 4 heteroatoms. The van der Waals surface area contributed by atoms with Crippen molar-refractivity contribution in [2.24, 2.45) is 11.8 Å². The summed E-state index contributed by atoms with van der Waals surface area (Å²) < 4.78 is 0. The van der Waals surface area contributed by atoms with Crippen molar-refractivity contribution in [1.29, 1.82) is 0 Å². The van der Waals surface area contributed by atoms with Crippen LogP contribution >= 0.6 is 0 Å². The van der Waals surface area contributed by atoms with E-state index in [4.69, 9.17) is 5.11 Å². The molecule has 104 valence electrons. The minimum absolute atomic E-state index is 0.0787.